The van der Waals surface area contributed by atoms with E-state index in [9.17, 15) is 0 Å². The molecule has 10 heteroatoms. The zero-order valence-corrected chi connectivity index (χ0v) is 18.3. The maximum absolute atomic E-state index is 5.72. The molecule has 29 heavy (non-hydrogen) atoms. The van der Waals surface area contributed by atoms with E-state index in [1.165, 1.54) is 0 Å². The van der Waals surface area contributed by atoms with Crippen molar-refractivity contribution in [2.45, 2.75) is 12.8 Å². The number of hydrogen-bond donors (Lipinski definition) is 3. The number of aliphatic imine (C=N–C) groups is 1. The molecule has 4 rings (SSSR count). The van der Waals surface area contributed by atoms with Crippen LogP contribution in [0.1, 0.15) is 12.2 Å². The summed E-state index contributed by atoms with van der Waals surface area (Å²) in [7, 11) is 1.72. The van der Waals surface area contributed by atoms with Crippen LogP contribution in [0, 0.1) is 0 Å². The van der Waals surface area contributed by atoms with E-state index in [1.54, 1.807) is 13.3 Å². The van der Waals surface area contributed by atoms with E-state index in [-0.39, 0.29) is 24.0 Å². The van der Waals surface area contributed by atoms with E-state index in [0.29, 0.717) is 43.7 Å². The van der Waals surface area contributed by atoms with Gasteiger partial charge < -0.3 is 24.5 Å². The Hall–Kier alpha value is -2.76. The molecule has 0 atom stereocenters. The average Bonchev–Trinajstić information content (AvgIpc) is 3.35. The number of aromatic amines is 1. The number of rotatable bonds is 5. The molecule has 0 amide bonds. The minimum absolute atomic E-state index is 0. The Morgan fingerprint density at radius 3 is 2.86 bits per heavy atom. The van der Waals surface area contributed by atoms with Gasteiger partial charge in [0, 0.05) is 38.2 Å². The largest absolute Gasteiger partial charge is 0.490 e. The lowest BCUT2D eigenvalue weighted by Gasteiger charge is -2.13. The van der Waals surface area contributed by atoms with Crippen molar-refractivity contribution in [1.82, 2.24) is 20.5 Å². The number of anilines is 1. The van der Waals surface area contributed by atoms with E-state index >= 15 is 0 Å². The van der Waals surface area contributed by atoms with Crippen LogP contribution in [0.2, 0.25) is 0 Å². The second kappa shape index (κ2) is 10.1. The molecule has 0 saturated carbocycles. The molecule has 0 bridgehead atoms. The summed E-state index contributed by atoms with van der Waals surface area (Å²) in [6, 6.07) is 9.39. The summed E-state index contributed by atoms with van der Waals surface area (Å²) in [6.07, 6.45) is 3.14. The van der Waals surface area contributed by atoms with Crippen LogP contribution in [-0.2, 0) is 6.42 Å². The van der Waals surface area contributed by atoms with Gasteiger partial charge in [0.1, 0.15) is 5.82 Å². The normalized spacial score (nSPS) is 13.3. The Bertz CT molecular complexity index is 941. The van der Waals surface area contributed by atoms with Crippen molar-refractivity contribution in [3.05, 3.63) is 42.4 Å². The van der Waals surface area contributed by atoms with Crippen LogP contribution >= 0.6 is 24.0 Å². The predicted octanol–water partition coefficient (Wildman–Crippen LogP) is 3.07. The third-order valence-corrected chi connectivity index (χ3v) is 4.16. The number of nitrogens with one attached hydrogen (secondary N) is 3. The molecule has 154 valence electrons. The zero-order chi connectivity index (χ0) is 19.2. The van der Waals surface area contributed by atoms with E-state index in [1.807, 2.05) is 30.3 Å². The molecular weight excluding hydrogens is 487 g/mol. The lowest BCUT2D eigenvalue weighted by molar-refractivity contribution is 0.297. The summed E-state index contributed by atoms with van der Waals surface area (Å²) >= 11 is 0. The standard InChI is InChI=1S/C19H22N6O3.HI/c1-20-19(22-13-5-6-14-16(12-13)28-11-3-10-26-14)21-8-7-17-23-18(25-24-17)15-4-2-9-27-15;/h2,4-6,9,12H,3,7-8,10-11H2,1H3,(H2,20,21,22)(H,23,24,25);1H. The Morgan fingerprint density at radius 2 is 2.07 bits per heavy atom. The fourth-order valence-corrected chi connectivity index (χ4v) is 2.78. The third kappa shape index (κ3) is 5.40. The SMILES string of the molecule is CN=C(NCCc1nc(-c2ccco2)n[nH]1)Nc1ccc2c(c1)OCCCO2.I. The maximum Gasteiger partial charge on any atom is 0.216 e. The van der Waals surface area contributed by atoms with Gasteiger partial charge >= 0.3 is 0 Å². The van der Waals surface area contributed by atoms with E-state index in [0.717, 1.165) is 29.4 Å². The third-order valence-electron chi connectivity index (χ3n) is 4.16. The van der Waals surface area contributed by atoms with Gasteiger partial charge in [-0.15, -0.1) is 24.0 Å². The molecule has 0 radical (unpaired) electrons. The molecule has 1 aromatic carbocycles. The quantitative estimate of drug-likeness (QED) is 0.275. The Labute approximate surface area is 185 Å². The number of fused-ring (bicyclic) bond motifs is 1. The van der Waals surface area contributed by atoms with Crippen molar-refractivity contribution in [3.8, 4) is 23.1 Å². The first-order valence-electron chi connectivity index (χ1n) is 9.14. The number of H-pyrrole nitrogens is 1. The van der Waals surface area contributed by atoms with Gasteiger partial charge in [-0.1, -0.05) is 0 Å². The number of furan rings is 1. The van der Waals surface area contributed by atoms with Gasteiger partial charge in [0.15, 0.2) is 23.2 Å². The molecule has 1 aliphatic heterocycles. The molecule has 9 nitrogen and oxygen atoms in total. The van der Waals surface area contributed by atoms with Crippen molar-refractivity contribution in [2.24, 2.45) is 4.99 Å². The molecule has 3 N–H and O–H groups in total. The van der Waals surface area contributed by atoms with Gasteiger partial charge in [-0.2, -0.15) is 5.10 Å². The molecule has 2 aromatic heterocycles. The second-order valence-electron chi connectivity index (χ2n) is 6.17. The first kappa shape index (κ1) is 21.0. The Kier molecular flexibility index (Phi) is 7.33. The van der Waals surface area contributed by atoms with E-state index in [2.05, 4.69) is 30.8 Å². The number of benzene rings is 1. The first-order chi connectivity index (χ1) is 13.8. The van der Waals surface area contributed by atoms with Gasteiger partial charge in [0.2, 0.25) is 5.82 Å². The number of aromatic nitrogens is 3. The highest BCUT2D eigenvalue weighted by Gasteiger charge is 2.12. The highest BCUT2D eigenvalue weighted by Crippen LogP contribution is 2.32. The van der Waals surface area contributed by atoms with Crippen LogP contribution in [0.5, 0.6) is 11.5 Å². The fraction of sp³-hybridized carbons (Fsp3) is 0.316. The van der Waals surface area contributed by atoms with Crippen molar-refractivity contribution in [3.63, 3.8) is 0 Å². The fourth-order valence-electron chi connectivity index (χ4n) is 2.78. The molecule has 0 fully saturated rings. The molecule has 1 aliphatic rings. The highest BCUT2D eigenvalue weighted by molar-refractivity contribution is 14.0. The van der Waals surface area contributed by atoms with Gasteiger partial charge in [-0.3, -0.25) is 10.1 Å². The number of nitrogens with zero attached hydrogens (tertiary/aromatic N) is 3. The number of ether oxygens (including phenoxy) is 2. The molecule has 0 spiro atoms. The molecular formula is C19H23IN6O3. The highest BCUT2D eigenvalue weighted by atomic mass is 127. The van der Waals surface area contributed by atoms with Gasteiger partial charge in [-0.25, -0.2) is 4.98 Å². The summed E-state index contributed by atoms with van der Waals surface area (Å²) in [5, 5.41) is 13.6. The lowest BCUT2D eigenvalue weighted by atomic mass is 10.2. The average molecular weight is 510 g/mol. The van der Waals surface area contributed by atoms with Crippen LogP contribution in [0.3, 0.4) is 0 Å². The van der Waals surface area contributed by atoms with Gasteiger partial charge in [-0.05, 0) is 24.3 Å². The molecule has 3 aromatic rings. The minimum atomic E-state index is 0. The smallest absolute Gasteiger partial charge is 0.216 e. The monoisotopic (exact) mass is 510 g/mol. The summed E-state index contributed by atoms with van der Waals surface area (Å²) in [5.41, 5.74) is 0.872. The lowest BCUT2D eigenvalue weighted by Crippen LogP contribution is -2.32. The summed E-state index contributed by atoms with van der Waals surface area (Å²) < 4.78 is 16.7. The van der Waals surface area contributed by atoms with Gasteiger partial charge in [0.05, 0.1) is 19.5 Å². The molecule has 0 unspecified atom stereocenters. The van der Waals surface area contributed by atoms with Crippen molar-refractivity contribution in [1.29, 1.82) is 0 Å². The van der Waals surface area contributed by atoms with Crippen LogP contribution in [0.4, 0.5) is 5.69 Å². The maximum atomic E-state index is 5.72. The molecule has 3 heterocycles. The van der Waals surface area contributed by atoms with Gasteiger partial charge in [0.25, 0.3) is 0 Å². The summed E-state index contributed by atoms with van der Waals surface area (Å²) in [6.45, 7) is 1.96. The van der Waals surface area contributed by atoms with Crippen molar-refractivity contribution in [2.75, 3.05) is 32.1 Å². The van der Waals surface area contributed by atoms with Crippen LogP contribution < -0.4 is 20.1 Å². The number of hydrogen-bond acceptors (Lipinski definition) is 6. The predicted molar refractivity (Wildman–Crippen MR) is 120 cm³/mol. The van der Waals surface area contributed by atoms with E-state index < -0.39 is 0 Å². The van der Waals surface area contributed by atoms with Crippen molar-refractivity contribution >= 4 is 35.6 Å². The number of guanidine groups is 1. The van der Waals surface area contributed by atoms with Crippen LogP contribution in [-0.4, -0.2) is 47.9 Å². The number of halogens is 1. The Morgan fingerprint density at radius 1 is 1.21 bits per heavy atom. The van der Waals surface area contributed by atoms with Crippen LogP contribution in [0.25, 0.3) is 11.6 Å². The zero-order valence-electron chi connectivity index (χ0n) is 16.0. The van der Waals surface area contributed by atoms with E-state index in [4.69, 9.17) is 13.9 Å². The van der Waals surface area contributed by atoms with Crippen LogP contribution in [0.15, 0.2) is 46.0 Å². The minimum Gasteiger partial charge on any atom is -0.490 e. The second-order valence-corrected chi connectivity index (χ2v) is 6.17. The molecule has 0 aliphatic carbocycles. The molecule has 0 saturated heterocycles. The first-order valence-corrected chi connectivity index (χ1v) is 9.14. The summed E-state index contributed by atoms with van der Waals surface area (Å²) in [5.74, 6) is 4.12. The van der Waals surface area contributed by atoms with Crippen molar-refractivity contribution < 1.29 is 13.9 Å². The topological polar surface area (TPSA) is 110 Å². The Balaban J connectivity index is 0.00000240. The summed E-state index contributed by atoms with van der Waals surface area (Å²) in [4.78, 5) is 8.68.